The lowest BCUT2D eigenvalue weighted by atomic mass is 10.2. The van der Waals surface area contributed by atoms with E-state index in [1.165, 1.54) is 10.9 Å². The summed E-state index contributed by atoms with van der Waals surface area (Å²) >= 11 is 6.11. The third kappa shape index (κ3) is 4.46. The monoisotopic (exact) mass is 432 g/mol. The van der Waals surface area contributed by atoms with E-state index in [4.69, 9.17) is 22.1 Å². The molecule has 3 aromatic carbocycles. The molecular weight excluding hydrogens is 416 g/mol. The van der Waals surface area contributed by atoms with Gasteiger partial charge in [-0.25, -0.2) is 4.98 Å². The Morgan fingerprint density at radius 1 is 1.10 bits per heavy atom. The molecule has 0 aliphatic carbocycles. The Bertz CT molecular complexity index is 1350. The van der Waals surface area contributed by atoms with Gasteiger partial charge in [0.05, 0.1) is 17.1 Å². The SMILES string of the molecule is NC(=O)COc1ccc(Cl)cc1C=Nn1c(-c2ccccc2)nc2ccccc2c1=O. The molecule has 2 N–H and O–H groups in total. The molecule has 0 aliphatic rings. The molecule has 0 spiro atoms. The molecule has 0 bridgehead atoms. The third-order valence-electron chi connectivity index (χ3n) is 4.44. The van der Waals surface area contributed by atoms with Crippen molar-refractivity contribution < 1.29 is 9.53 Å². The van der Waals surface area contributed by atoms with Gasteiger partial charge in [-0.3, -0.25) is 9.59 Å². The third-order valence-corrected chi connectivity index (χ3v) is 4.67. The summed E-state index contributed by atoms with van der Waals surface area (Å²) in [7, 11) is 0. The average molecular weight is 433 g/mol. The molecule has 8 heteroatoms. The Hall–Kier alpha value is -3.97. The van der Waals surface area contributed by atoms with Crippen molar-refractivity contribution in [2.75, 3.05) is 6.61 Å². The minimum absolute atomic E-state index is 0.296. The topological polar surface area (TPSA) is 99.6 Å². The van der Waals surface area contributed by atoms with Gasteiger partial charge in [-0.15, -0.1) is 0 Å². The van der Waals surface area contributed by atoms with Gasteiger partial charge in [0, 0.05) is 16.1 Å². The van der Waals surface area contributed by atoms with Gasteiger partial charge in [-0.05, 0) is 30.3 Å². The van der Waals surface area contributed by atoms with Crippen LogP contribution in [-0.2, 0) is 4.79 Å². The number of halogens is 1. The van der Waals surface area contributed by atoms with Gasteiger partial charge in [0.25, 0.3) is 11.5 Å². The standard InChI is InChI=1S/C23H17ClN4O3/c24-17-10-11-20(31-14-21(25)29)16(12-17)13-26-28-22(15-6-2-1-3-7-15)27-19-9-5-4-8-18(19)23(28)30/h1-13H,14H2,(H2,25,29). The number of fused-ring (bicyclic) bond motifs is 1. The Morgan fingerprint density at radius 3 is 2.61 bits per heavy atom. The molecule has 0 fully saturated rings. The summed E-state index contributed by atoms with van der Waals surface area (Å²) in [4.78, 5) is 28.9. The first kappa shape index (κ1) is 20.3. The van der Waals surface area contributed by atoms with E-state index >= 15 is 0 Å². The second kappa shape index (κ2) is 8.81. The number of hydrogen-bond donors (Lipinski definition) is 1. The van der Waals surface area contributed by atoms with Crippen LogP contribution in [0.15, 0.2) is 82.7 Å². The van der Waals surface area contributed by atoms with Gasteiger partial charge in [0.1, 0.15) is 5.75 Å². The molecule has 0 saturated carbocycles. The summed E-state index contributed by atoms with van der Waals surface area (Å²) in [5, 5.41) is 5.28. The summed E-state index contributed by atoms with van der Waals surface area (Å²) in [6, 6.07) is 21.2. The van der Waals surface area contributed by atoms with E-state index in [1.54, 1.807) is 36.4 Å². The van der Waals surface area contributed by atoms with Gasteiger partial charge in [0.2, 0.25) is 0 Å². The number of nitrogens with zero attached hydrogens (tertiary/aromatic N) is 3. The number of hydrogen-bond acceptors (Lipinski definition) is 5. The van der Waals surface area contributed by atoms with Crippen LogP contribution in [0.2, 0.25) is 5.02 Å². The molecule has 0 unspecified atom stereocenters. The van der Waals surface area contributed by atoms with Gasteiger partial charge in [0.15, 0.2) is 12.4 Å². The lowest BCUT2D eigenvalue weighted by Gasteiger charge is -2.10. The van der Waals surface area contributed by atoms with E-state index in [9.17, 15) is 9.59 Å². The van der Waals surface area contributed by atoms with E-state index in [0.717, 1.165) is 5.56 Å². The van der Waals surface area contributed by atoms with Crippen LogP contribution in [-0.4, -0.2) is 28.4 Å². The van der Waals surface area contributed by atoms with E-state index < -0.39 is 5.91 Å². The molecule has 0 aliphatic heterocycles. The molecule has 7 nitrogen and oxygen atoms in total. The van der Waals surface area contributed by atoms with E-state index in [2.05, 4.69) is 10.1 Å². The first-order valence-corrected chi connectivity index (χ1v) is 9.73. The number of carbonyl (C=O) groups excluding carboxylic acids is 1. The Morgan fingerprint density at radius 2 is 1.84 bits per heavy atom. The highest BCUT2D eigenvalue weighted by Crippen LogP contribution is 2.22. The molecule has 4 rings (SSSR count). The summed E-state index contributed by atoms with van der Waals surface area (Å²) in [5.41, 5.74) is 6.64. The Labute approximate surface area is 182 Å². The molecule has 1 aromatic heterocycles. The number of aromatic nitrogens is 2. The first-order chi connectivity index (χ1) is 15.0. The minimum atomic E-state index is -0.612. The smallest absolute Gasteiger partial charge is 0.282 e. The van der Waals surface area contributed by atoms with Crippen molar-refractivity contribution in [3.05, 3.63) is 93.7 Å². The first-order valence-electron chi connectivity index (χ1n) is 9.35. The zero-order valence-electron chi connectivity index (χ0n) is 16.2. The molecule has 154 valence electrons. The van der Waals surface area contributed by atoms with E-state index in [0.29, 0.717) is 33.1 Å². The van der Waals surface area contributed by atoms with Crippen molar-refractivity contribution in [3.63, 3.8) is 0 Å². The molecular formula is C23H17ClN4O3. The fourth-order valence-electron chi connectivity index (χ4n) is 3.03. The van der Waals surface area contributed by atoms with Crippen molar-refractivity contribution in [2.24, 2.45) is 10.8 Å². The number of amides is 1. The fraction of sp³-hybridized carbons (Fsp3) is 0.0435. The van der Waals surface area contributed by atoms with Crippen LogP contribution >= 0.6 is 11.6 Å². The van der Waals surface area contributed by atoms with Crippen LogP contribution < -0.4 is 16.0 Å². The lowest BCUT2D eigenvalue weighted by molar-refractivity contribution is -0.119. The molecule has 4 aromatic rings. The molecule has 0 atom stereocenters. The maximum absolute atomic E-state index is 13.2. The number of nitrogens with two attached hydrogens (primary N) is 1. The lowest BCUT2D eigenvalue weighted by Crippen LogP contribution is -2.21. The van der Waals surface area contributed by atoms with Gasteiger partial charge in [-0.2, -0.15) is 9.78 Å². The predicted molar refractivity (Wildman–Crippen MR) is 121 cm³/mol. The fourth-order valence-corrected chi connectivity index (χ4v) is 3.21. The van der Waals surface area contributed by atoms with Crippen LogP contribution in [0.5, 0.6) is 5.75 Å². The highest BCUT2D eigenvalue weighted by atomic mass is 35.5. The summed E-state index contributed by atoms with van der Waals surface area (Å²) in [6.45, 7) is -0.296. The van der Waals surface area contributed by atoms with Crippen LogP contribution in [0.25, 0.3) is 22.3 Å². The van der Waals surface area contributed by atoms with Crippen molar-refractivity contribution >= 4 is 34.6 Å². The quantitative estimate of drug-likeness (QED) is 0.471. The zero-order valence-corrected chi connectivity index (χ0v) is 17.0. The van der Waals surface area contributed by atoms with Crippen LogP contribution in [0, 0.1) is 0 Å². The number of ether oxygens (including phenoxy) is 1. The number of carbonyl (C=O) groups is 1. The summed E-state index contributed by atoms with van der Waals surface area (Å²) in [5.74, 6) is 0.136. The predicted octanol–water partition coefficient (Wildman–Crippen LogP) is 3.46. The number of primary amides is 1. The molecule has 1 amide bonds. The summed E-state index contributed by atoms with van der Waals surface area (Å²) < 4.78 is 6.66. The normalized spacial score (nSPS) is 11.1. The summed E-state index contributed by atoms with van der Waals surface area (Å²) in [6.07, 6.45) is 1.44. The van der Waals surface area contributed by atoms with Gasteiger partial charge in [-0.1, -0.05) is 54.1 Å². The number of benzene rings is 3. The molecule has 1 heterocycles. The maximum atomic E-state index is 13.2. The van der Waals surface area contributed by atoms with Crippen molar-refractivity contribution in [1.29, 1.82) is 0 Å². The van der Waals surface area contributed by atoms with Crippen LogP contribution in [0.4, 0.5) is 0 Å². The Kier molecular flexibility index (Phi) is 5.77. The van der Waals surface area contributed by atoms with Crippen molar-refractivity contribution in [1.82, 2.24) is 9.66 Å². The van der Waals surface area contributed by atoms with Crippen LogP contribution in [0.1, 0.15) is 5.56 Å². The zero-order chi connectivity index (χ0) is 21.8. The van der Waals surface area contributed by atoms with E-state index in [-0.39, 0.29) is 12.2 Å². The van der Waals surface area contributed by atoms with Crippen molar-refractivity contribution in [3.8, 4) is 17.1 Å². The maximum Gasteiger partial charge on any atom is 0.282 e. The average Bonchev–Trinajstić information content (AvgIpc) is 2.78. The molecule has 31 heavy (non-hydrogen) atoms. The minimum Gasteiger partial charge on any atom is -0.483 e. The molecule has 0 saturated heterocycles. The number of para-hydroxylation sites is 1. The van der Waals surface area contributed by atoms with Gasteiger partial charge < -0.3 is 10.5 Å². The second-order valence-corrected chi connectivity index (χ2v) is 7.05. The molecule has 0 radical (unpaired) electrons. The van der Waals surface area contributed by atoms with Gasteiger partial charge >= 0.3 is 0 Å². The largest absolute Gasteiger partial charge is 0.483 e. The Balaban J connectivity index is 1.86. The highest BCUT2D eigenvalue weighted by molar-refractivity contribution is 6.30. The highest BCUT2D eigenvalue weighted by Gasteiger charge is 2.12. The second-order valence-electron chi connectivity index (χ2n) is 6.62. The van der Waals surface area contributed by atoms with E-state index in [1.807, 2.05) is 36.4 Å². The number of rotatable bonds is 6. The van der Waals surface area contributed by atoms with Crippen LogP contribution in [0.3, 0.4) is 0 Å². The van der Waals surface area contributed by atoms with Crippen molar-refractivity contribution in [2.45, 2.75) is 0 Å².